The molecule has 51 valence electrons. The number of allylic oxidation sites excluding steroid dienone is 1. The molecule has 1 radical (unpaired) electrons. The number of hydrogen-bond acceptors (Lipinski definition) is 2. The third kappa shape index (κ3) is 7.50. The molecule has 0 N–H and O–H groups in total. The highest BCUT2D eigenvalue weighted by molar-refractivity contribution is 6.31. The summed E-state index contributed by atoms with van der Waals surface area (Å²) in [7, 11) is 0. The van der Waals surface area contributed by atoms with Gasteiger partial charge in [0.15, 0.2) is 0 Å². The Morgan fingerprint density at radius 2 is 2.44 bits per heavy atom. The second kappa shape index (κ2) is 7.50. The SMILES string of the molecule is CC/C=C/O/N=C\[CH]Cl. The molecule has 0 aliphatic heterocycles. The monoisotopic (exact) mass is 146 g/mol. The topological polar surface area (TPSA) is 21.6 Å². The normalized spacial score (nSPS) is 11.3. The Hall–Kier alpha value is -0.500. The van der Waals surface area contributed by atoms with Crippen molar-refractivity contribution in [3.63, 3.8) is 0 Å². The van der Waals surface area contributed by atoms with E-state index in [4.69, 9.17) is 11.6 Å². The molecule has 0 heterocycles. The molecule has 0 saturated carbocycles. The Kier molecular flexibility index (Phi) is 7.08. The van der Waals surface area contributed by atoms with Crippen LogP contribution in [0.3, 0.4) is 0 Å². The van der Waals surface area contributed by atoms with E-state index in [1.165, 1.54) is 18.4 Å². The van der Waals surface area contributed by atoms with Crippen LogP contribution in [0.15, 0.2) is 17.5 Å². The Morgan fingerprint density at radius 3 is 3.00 bits per heavy atom. The van der Waals surface area contributed by atoms with Gasteiger partial charge in [-0.1, -0.05) is 12.1 Å². The molecule has 0 aromatic rings. The summed E-state index contributed by atoms with van der Waals surface area (Å²) >= 11 is 5.14. The summed E-state index contributed by atoms with van der Waals surface area (Å²) in [5, 5.41) is 3.43. The zero-order valence-electron chi connectivity index (χ0n) is 5.25. The maximum atomic E-state index is 5.14. The van der Waals surface area contributed by atoms with Gasteiger partial charge in [-0.25, -0.2) is 0 Å². The largest absolute Gasteiger partial charge is 0.365 e. The van der Waals surface area contributed by atoms with Crippen LogP contribution in [0.5, 0.6) is 0 Å². The second-order valence-electron chi connectivity index (χ2n) is 1.27. The van der Waals surface area contributed by atoms with Gasteiger partial charge in [-0.3, -0.25) is 0 Å². The smallest absolute Gasteiger partial charge is 0.118 e. The van der Waals surface area contributed by atoms with Gasteiger partial charge in [0.05, 0.1) is 12.1 Å². The van der Waals surface area contributed by atoms with Gasteiger partial charge in [-0.2, -0.15) is 0 Å². The van der Waals surface area contributed by atoms with E-state index in [9.17, 15) is 0 Å². The first-order valence-corrected chi connectivity index (χ1v) is 3.11. The van der Waals surface area contributed by atoms with E-state index in [1.54, 1.807) is 0 Å². The Morgan fingerprint density at radius 1 is 1.67 bits per heavy atom. The number of rotatable bonds is 4. The quantitative estimate of drug-likeness (QED) is 0.339. The lowest BCUT2D eigenvalue weighted by molar-refractivity contribution is 0.269. The zero-order chi connectivity index (χ0) is 6.95. The molecule has 0 atom stereocenters. The zero-order valence-corrected chi connectivity index (χ0v) is 6.01. The molecular formula is C6H9ClNO. The van der Waals surface area contributed by atoms with E-state index in [-0.39, 0.29) is 0 Å². The summed E-state index contributed by atoms with van der Waals surface area (Å²) in [6.07, 6.45) is 5.67. The van der Waals surface area contributed by atoms with Crippen LogP contribution in [0.2, 0.25) is 0 Å². The van der Waals surface area contributed by atoms with Crippen molar-refractivity contribution in [3.05, 3.63) is 18.2 Å². The molecule has 0 fully saturated rings. The van der Waals surface area contributed by atoms with Crippen LogP contribution in [0, 0.1) is 5.88 Å². The molecule has 0 rings (SSSR count). The maximum absolute atomic E-state index is 5.14. The number of halogens is 1. The van der Waals surface area contributed by atoms with Crippen LogP contribution >= 0.6 is 11.6 Å². The fourth-order valence-electron chi connectivity index (χ4n) is 0.233. The van der Waals surface area contributed by atoms with Gasteiger partial charge in [0.25, 0.3) is 0 Å². The van der Waals surface area contributed by atoms with E-state index in [0.717, 1.165) is 6.42 Å². The highest BCUT2D eigenvalue weighted by Crippen LogP contribution is 1.83. The lowest BCUT2D eigenvalue weighted by Gasteiger charge is -1.83. The molecule has 0 aromatic heterocycles. The van der Waals surface area contributed by atoms with Crippen molar-refractivity contribution in [3.8, 4) is 0 Å². The van der Waals surface area contributed by atoms with Gasteiger partial charge in [0.2, 0.25) is 0 Å². The van der Waals surface area contributed by atoms with E-state index in [1.807, 2.05) is 13.0 Å². The Bertz CT molecular complexity index is 89.2. The van der Waals surface area contributed by atoms with Crippen LogP contribution in [-0.4, -0.2) is 6.21 Å². The average molecular weight is 147 g/mol. The van der Waals surface area contributed by atoms with E-state index in [2.05, 4.69) is 9.99 Å². The summed E-state index contributed by atoms with van der Waals surface area (Å²) in [6.45, 7) is 2.01. The summed E-state index contributed by atoms with van der Waals surface area (Å²) in [4.78, 5) is 4.59. The summed E-state index contributed by atoms with van der Waals surface area (Å²) in [5.41, 5.74) is 0. The fourth-order valence-corrected chi connectivity index (χ4v) is 0.279. The van der Waals surface area contributed by atoms with Gasteiger partial charge >= 0.3 is 0 Å². The molecular weight excluding hydrogens is 138 g/mol. The molecule has 0 aromatic carbocycles. The maximum Gasteiger partial charge on any atom is 0.118 e. The van der Waals surface area contributed by atoms with E-state index < -0.39 is 0 Å². The minimum Gasteiger partial charge on any atom is -0.365 e. The highest BCUT2D eigenvalue weighted by Gasteiger charge is 1.68. The highest BCUT2D eigenvalue weighted by atomic mass is 35.5. The third-order valence-electron chi connectivity index (χ3n) is 0.571. The second-order valence-corrected chi connectivity index (χ2v) is 1.52. The van der Waals surface area contributed by atoms with Crippen molar-refractivity contribution < 1.29 is 4.84 Å². The lowest BCUT2D eigenvalue weighted by atomic mass is 10.5. The first-order valence-electron chi connectivity index (χ1n) is 2.68. The van der Waals surface area contributed by atoms with Gasteiger partial charge in [-0.15, -0.1) is 11.6 Å². The standard InChI is InChI=1S/C6H9ClNO/c1-2-3-6-9-8-5-4-7/h3-6H,2H2,1H3/b6-3+,8-5-. The average Bonchev–Trinajstić information content (AvgIpc) is 1.89. The van der Waals surface area contributed by atoms with Crippen molar-refractivity contribution in [2.24, 2.45) is 5.16 Å². The molecule has 0 bridgehead atoms. The minimum atomic E-state index is 0.945. The van der Waals surface area contributed by atoms with Gasteiger partial charge < -0.3 is 4.84 Å². The third-order valence-corrected chi connectivity index (χ3v) is 0.684. The van der Waals surface area contributed by atoms with Crippen molar-refractivity contribution in [2.75, 3.05) is 0 Å². The molecule has 0 saturated heterocycles. The van der Waals surface area contributed by atoms with Crippen LogP contribution in [0.1, 0.15) is 13.3 Å². The molecule has 9 heavy (non-hydrogen) atoms. The van der Waals surface area contributed by atoms with Crippen LogP contribution in [0.25, 0.3) is 0 Å². The molecule has 3 heteroatoms. The number of hydrogen-bond donors (Lipinski definition) is 0. The first-order chi connectivity index (χ1) is 4.41. The van der Waals surface area contributed by atoms with Crippen LogP contribution < -0.4 is 0 Å². The molecule has 0 aliphatic rings. The molecule has 0 amide bonds. The molecule has 0 spiro atoms. The van der Waals surface area contributed by atoms with Crippen molar-refractivity contribution >= 4 is 17.8 Å². The van der Waals surface area contributed by atoms with Gasteiger partial charge in [0, 0.05) is 0 Å². The van der Waals surface area contributed by atoms with Gasteiger partial charge in [-0.05, 0) is 12.5 Å². The van der Waals surface area contributed by atoms with Crippen molar-refractivity contribution in [1.82, 2.24) is 0 Å². The predicted molar refractivity (Wildman–Crippen MR) is 39.2 cm³/mol. The van der Waals surface area contributed by atoms with Gasteiger partial charge in [0.1, 0.15) is 6.26 Å². The van der Waals surface area contributed by atoms with Crippen molar-refractivity contribution in [2.45, 2.75) is 13.3 Å². The summed E-state index contributed by atoms with van der Waals surface area (Å²) < 4.78 is 0. The number of nitrogens with zero attached hydrogens (tertiary/aromatic N) is 1. The molecule has 0 unspecified atom stereocenters. The lowest BCUT2D eigenvalue weighted by Crippen LogP contribution is -1.69. The predicted octanol–water partition coefficient (Wildman–Crippen LogP) is 2.31. The van der Waals surface area contributed by atoms with E-state index in [0.29, 0.717) is 0 Å². The number of oxime groups is 1. The molecule has 2 nitrogen and oxygen atoms in total. The minimum absolute atomic E-state index is 0.945. The van der Waals surface area contributed by atoms with Crippen LogP contribution in [-0.2, 0) is 4.84 Å². The van der Waals surface area contributed by atoms with Crippen LogP contribution in [0.4, 0.5) is 0 Å². The van der Waals surface area contributed by atoms with Crippen molar-refractivity contribution in [1.29, 1.82) is 0 Å². The summed E-state index contributed by atoms with van der Waals surface area (Å²) in [5.74, 6) is 1.28. The Balaban J connectivity index is 3.08. The first kappa shape index (κ1) is 8.50. The fraction of sp³-hybridized carbons (Fsp3) is 0.333. The Labute approximate surface area is 60.1 Å². The molecule has 0 aliphatic carbocycles. The van der Waals surface area contributed by atoms with E-state index >= 15 is 0 Å². The summed E-state index contributed by atoms with van der Waals surface area (Å²) in [6, 6.07) is 0.